The number of carbonyl (C=O) groups excluding carboxylic acids is 1. The van der Waals surface area contributed by atoms with Gasteiger partial charge in [-0.25, -0.2) is 0 Å². The summed E-state index contributed by atoms with van der Waals surface area (Å²) in [5.41, 5.74) is 8.26. The van der Waals surface area contributed by atoms with E-state index in [0.717, 1.165) is 24.3 Å². The predicted molar refractivity (Wildman–Crippen MR) is 74.9 cm³/mol. The standard InChI is InChI=1S/C14H21N3O/c1-2-16-14(18)12-7-6-11(15)10-13(12)17-8-4-3-5-9-17/h6-7,10H,2-5,8-9,15H2,1H3,(H,16,18). The summed E-state index contributed by atoms with van der Waals surface area (Å²) in [6.07, 6.45) is 3.64. The number of benzene rings is 1. The number of nitrogens with one attached hydrogen (secondary N) is 1. The third-order valence-electron chi connectivity index (χ3n) is 3.30. The van der Waals surface area contributed by atoms with Gasteiger partial charge >= 0.3 is 0 Å². The molecule has 0 radical (unpaired) electrons. The van der Waals surface area contributed by atoms with Crippen LogP contribution in [-0.4, -0.2) is 25.5 Å². The highest BCUT2D eigenvalue weighted by atomic mass is 16.1. The molecule has 18 heavy (non-hydrogen) atoms. The molecule has 2 rings (SSSR count). The predicted octanol–water partition coefficient (Wildman–Crippen LogP) is 2.01. The first-order chi connectivity index (χ1) is 8.72. The van der Waals surface area contributed by atoms with Crippen molar-refractivity contribution in [3.05, 3.63) is 23.8 Å². The van der Waals surface area contributed by atoms with E-state index in [4.69, 9.17) is 5.73 Å². The number of amides is 1. The Morgan fingerprint density at radius 1 is 1.33 bits per heavy atom. The lowest BCUT2D eigenvalue weighted by molar-refractivity contribution is 0.0956. The van der Waals surface area contributed by atoms with Gasteiger partial charge in [0.15, 0.2) is 0 Å². The fourth-order valence-corrected chi connectivity index (χ4v) is 2.39. The molecule has 3 N–H and O–H groups in total. The van der Waals surface area contributed by atoms with E-state index in [9.17, 15) is 4.79 Å². The normalized spacial score (nSPS) is 15.5. The third-order valence-corrected chi connectivity index (χ3v) is 3.30. The van der Waals surface area contributed by atoms with Crippen molar-refractivity contribution in [1.29, 1.82) is 0 Å². The van der Waals surface area contributed by atoms with Crippen LogP contribution in [0.5, 0.6) is 0 Å². The Bertz CT molecular complexity index is 425. The van der Waals surface area contributed by atoms with Crippen LogP contribution in [-0.2, 0) is 0 Å². The third kappa shape index (κ3) is 2.75. The second-order valence-electron chi connectivity index (χ2n) is 4.68. The highest BCUT2D eigenvalue weighted by Gasteiger charge is 2.18. The molecule has 1 saturated heterocycles. The van der Waals surface area contributed by atoms with Gasteiger partial charge in [-0.3, -0.25) is 4.79 Å². The minimum atomic E-state index is -0.0157. The van der Waals surface area contributed by atoms with Gasteiger partial charge in [-0.15, -0.1) is 0 Å². The summed E-state index contributed by atoms with van der Waals surface area (Å²) in [6, 6.07) is 5.53. The van der Waals surface area contributed by atoms with E-state index in [2.05, 4.69) is 10.2 Å². The zero-order valence-electron chi connectivity index (χ0n) is 10.9. The van der Waals surface area contributed by atoms with Crippen LogP contribution in [0.15, 0.2) is 18.2 Å². The van der Waals surface area contributed by atoms with E-state index in [0.29, 0.717) is 12.2 Å². The number of nitrogen functional groups attached to an aromatic ring is 1. The highest BCUT2D eigenvalue weighted by Crippen LogP contribution is 2.26. The minimum absolute atomic E-state index is 0.0157. The maximum atomic E-state index is 12.0. The second-order valence-corrected chi connectivity index (χ2v) is 4.68. The van der Waals surface area contributed by atoms with E-state index < -0.39 is 0 Å². The Morgan fingerprint density at radius 3 is 2.72 bits per heavy atom. The molecule has 0 unspecified atom stereocenters. The molecule has 0 atom stereocenters. The highest BCUT2D eigenvalue weighted by molar-refractivity contribution is 6.00. The molecule has 1 aliphatic heterocycles. The first kappa shape index (κ1) is 12.7. The second kappa shape index (κ2) is 5.76. The van der Waals surface area contributed by atoms with Crippen molar-refractivity contribution >= 4 is 17.3 Å². The molecule has 4 heteroatoms. The molecular weight excluding hydrogens is 226 g/mol. The van der Waals surface area contributed by atoms with Crippen LogP contribution in [0.4, 0.5) is 11.4 Å². The molecule has 4 nitrogen and oxygen atoms in total. The van der Waals surface area contributed by atoms with Crippen molar-refractivity contribution in [2.24, 2.45) is 0 Å². The Labute approximate surface area is 108 Å². The Morgan fingerprint density at radius 2 is 2.06 bits per heavy atom. The van der Waals surface area contributed by atoms with Gasteiger partial charge in [0.1, 0.15) is 0 Å². The number of hydrogen-bond donors (Lipinski definition) is 2. The maximum absolute atomic E-state index is 12.0. The molecule has 0 bridgehead atoms. The lowest BCUT2D eigenvalue weighted by atomic mass is 10.1. The lowest BCUT2D eigenvalue weighted by Crippen LogP contribution is -2.32. The first-order valence-electron chi connectivity index (χ1n) is 6.65. The summed E-state index contributed by atoms with van der Waals surface area (Å²) in [6.45, 7) is 4.59. The quantitative estimate of drug-likeness (QED) is 0.803. The number of carbonyl (C=O) groups is 1. The van der Waals surface area contributed by atoms with E-state index in [1.54, 1.807) is 6.07 Å². The summed E-state index contributed by atoms with van der Waals surface area (Å²) in [4.78, 5) is 14.3. The van der Waals surface area contributed by atoms with Crippen LogP contribution < -0.4 is 16.0 Å². The number of rotatable bonds is 3. The van der Waals surface area contributed by atoms with E-state index in [-0.39, 0.29) is 5.91 Å². The molecule has 1 aromatic carbocycles. The monoisotopic (exact) mass is 247 g/mol. The van der Waals surface area contributed by atoms with Gasteiger partial charge in [-0.2, -0.15) is 0 Å². The Balaban J connectivity index is 2.30. The topological polar surface area (TPSA) is 58.4 Å². The molecule has 1 amide bonds. The molecule has 1 aromatic rings. The van der Waals surface area contributed by atoms with Crippen LogP contribution in [0.1, 0.15) is 36.5 Å². The van der Waals surface area contributed by atoms with Crippen molar-refractivity contribution in [1.82, 2.24) is 5.32 Å². The molecule has 98 valence electrons. The van der Waals surface area contributed by atoms with Gasteiger partial charge in [0.25, 0.3) is 5.91 Å². The zero-order valence-corrected chi connectivity index (χ0v) is 10.9. The summed E-state index contributed by atoms with van der Waals surface area (Å²) >= 11 is 0. The van der Waals surface area contributed by atoms with Crippen LogP contribution in [0.3, 0.4) is 0 Å². The molecule has 0 saturated carbocycles. The van der Waals surface area contributed by atoms with Gasteiger partial charge in [-0.05, 0) is 44.4 Å². The summed E-state index contributed by atoms with van der Waals surface area (Å²) < 4.78 is 0. The summed E-state index contributed by atoms with van der Waals surface area (Å²) in [5.74, 6) is -0.0157. The number of anilines is 2. The van der Waals surface area contributed by atoms with Crippen LogP contribution in [0, 0.1) is 0 Å². The van der Waals surface area contributed by atoms with Gasteiger partial charge in [0, 0.05) is 25.3 Å². The molecule has 0 spiro atoms. The summed E-state index contributed by atoms with van der Waals surface area (Å²) in [7, 11) is 0. The van der Waals surface area contributed by atoms with E-state index >= 15 is 0 Å². The van der Waals surface area contributed by atoms with Crippen LogP contribution >= 0.6 is 0 Å². The zero-order chi connectivity index (χ0) is 13.0. The van der Waals surface area contributed by atoms with Crippen molar-refractivity contribution in [3.8, 4) is 0 Å². The number of nitrogens with two attached hydrogens (primary N) is 1. The number of hydrogen-bond acceptors (Lipinski definition) is 3. The fourth-order valence-electron chi connectivity index (χ4n) is 2.39. The van der Waals surface area contributed by atoms with Gasteiger partial charge < -0.3 is 16.0 Å². The van der Waals surface area contributed by atoms with Crippen molar-refractivity contribution in [2.75, 3.05) is 30.3 Å². The van der Waals surface area contributed by atoms with Crippen LogP contribution in [0.2, 0.25) is 0 Å². The Hall–Kier alpha value is -1.71. The molecule has 1 aliphatic rings. The van der Waals surface area contributed by atoms with Gasteiger partial charge in [-0.1, -0.05) is 0 Å². The molecule has 1 fully saturated rings. The lowest BCUT2D eigenvalue weighted by Gasteiger charge is -2.30. The molecule has 0 aliphatic carbocycles. The minimum Gasteiger partial charge on any atom is -0.399 e. The van der Waals surface area contributed by atoms with Crippen molar-refractivity contribution < 1.29 is 4.79 Å². The van der Waals surface area contributed by atoms with Crippen LogP contribution in [0.25, 0.3) is 0 Å². The average Bonchev–Trinajstić information content (AvgIpc) is 2.40. The van der Waals surface area contributed by atoms with E-state index in [1.807, 2.05) is 19.1 Å². The number of nitrogens with zero attached hydrogens (tertiary/aromatic N) is 1. The summed E-state index contributed by atoms with van der Waals surface area (Å²) in [5, 5.41) is 2.85. The van der Waals surface area contributed by atoms with Crippen molar-refractivity contribution in [2.45, 2.75) is 26.2 Å². The van der Waals surface area contributed by atoms with Crippen molar-refractivity contribution in [3.63, 3.8) is 0 Å². The van der Waals surface area contributed by atoms with Gasteiger partial charge in [0.2, 0.25) is 0 Å². The largest absolute Gasteiger partial charge is 0.399 e. The fraction of sp³-hybridized carbons (Fsp3) is 0.500. The molecule has 1 heterocycles. The molecule has 0 aromatic heterocycles. The first-order valence-corrected chi connectivity index (χ1v) is 6.65. The van der Waals surface area contributed by atoms with E-state index in [1.165, 1.54) is 19.3 Å². The average molecular weight is 247 g/mol. The SMILES string of the molecule is CCNC(=O)c1ccc(N)cc1N1CCCCC1. The molecular formula is C14H21N3O. The van der Waals surface area contributed by atoms with Gasteiger partial charge in [0.05, 0.1) is 11.3 Å². The maximum Gasteiger partial charge on any atom is 0.253 e. The smallest absolute Gasteiger partial charge is 0.253 e. The Kier molecular flexibility index (Phi) is 4.07. The number of piperidine rings is 1.